The Morgan fingerprint density at radius 3 is 2.30 bits per heavy atom. The van der Waals surface area contributed by atoms with Crippen LogP contribution in [0.4, 0.5) is 4.39 Å². The molecular weight excluding hydrogens is 575 g/mol. The molecule has 3 aromatic rings. The number of hydrogen-bond acceptors (Lipinski definition) is 3. The lowest BCUT2D eigenvalue weighted by Crippen LogP contribution is -2.54. The summed E-state index contributed by atoms with van der Waals surface area (Å²) < 4.78 is 15.2. The SMILES string of the molecule is CC(C)(C)NC(=O)C(Cc1ccccc1)N(Cc1ccc(Br)cc1)C(=O)CSCc1c(F)cccc1Cl. The fourth-order valence-electron chi connectivity index (χ4n) is 3.79. The van der Waals surface area contributed by atoms with Crippen molar-refractivity contribution in [3.05, 3.63) is 105 Å². The Bertz CT molecular complexity index is 1180. The van der Waals surface area contributed by atoms with Crippen LogP contribution in [0, 0.1) is 5.82 Å². The van der Waals surface area contributed by atoms with E-state index < -0.39 is 17.4 Å². The Morgan fingerprint density at radius 2 is 1.68 bits per heavy atom. The van der Waals surface area contributed by atoms with Crippen LogP contribution in [0.25, 0.3) is 0 Å². The van der Waals surface area contributed by atoms with E-state index in [4.69, 9.17) is 11.6 Å². The summed E-state index contributed by atoms with van der Waals surface area (Å²) in [4.78, 5) is 28.8. The smallest absolute Gasteiger partial charge is 0.243 e. The van der Waals surface area contributed by atoms with Crippen LogP contribution in [0.3, 0.4) is 0 Å². The summed E-state index contributed by atoms with van der Waals surface area (Å²) in [5.74, 6) is -0.490. The van der Waals surface area contributed by atoms with E-state index in [1.165, 1.54) is 17.8 Å². The fraction of sp³-hybridized carbons (Fsp3) is 0.310. The van der Waals surface area contributed by atoms with Gasteiger partial charge in [-0.15, -0.1) is 11.8 Å². The number of amides is 2. The highest BCUT2D eigenvalue weighted by molar-refractivity contribution is 9.10. The molecule has 1 unspecified atom stereocenters. The lowest BCUT2D eigenvalue weighted by atomic mass is 10.0. The molecule has 1 atom stereocenters. The molecule has 3 aromatic carbocycles. The van der Waals surface area contributed by atoms with Gasteiger partial charge in [0, 0.05) is 39.3 Å². The Morgan fingerprint density at radius 1 is 1.00 bits per heavy atom. The third-order valence-corrected chi connectivity index (χ3v) is 7.40. The van der Waals surface area contributed by atoms with Crippen LogP contribution in [-0.4, -0.2) is 34.0 Å². The molecule has 37 heavy (non-hydrogen) atoms. The molecule has 1 N–H and O–H groups in total. The van der Waals surface area contributed by atoms with Gasteiger partial charge in [0.15, 0.2) is 0 Å². The monoisotopic (exact) mass is 604 g/mol. The van der Waals surface area contributed by atoms with Gasteiger partial charge >= 0.3 is 0 Å². The predicted octanol–water partition coefficient (Wildman–Crippen LogP) is 7.03. The van der Waals surface area contributed by atoms with Gasteiger partial charge in [0.2, 0.25) is 11.8 Å². The van der Waals surface area contributed by atoms with E-state index in [-0.39, 0.29) is 29.9 Å². The summed E-state index contributed by atoms with van der Waals surface area (Å²) in [5, 5.41) is 3.38. The average Bonchev–Trinajstić information content (AvgIpc) is 2.83. The predicted molar refractivity (Wildman–Crippen MR) is 154 cm³/mol. The molecule has 0 aromatic heterocycles. The standard InChI is InChI=1S/C29H31BrClFN2O2S/c1-29(2,3)33-28(36)26(16-20-8-5-4-6-9-20)34(17-21-12-14-22(30)15-13-21)27(35)19-37-18-23-24(31)10-7-11-25(23)32/h4-15,26H,16-19H2,1-3H3,(H,33,36). The number of rotatable bonds is 10. The highest BCUT2D eigenvalue weighted by Gasteiger charge is 2.32. The molecule has 0 saturated heterocycles. The normalized spacial score (nSPS) is 12.2. The molecule has 4 nitrogen and oxygen atoms in total. The van der Waals surface area contributed by atoms with E-state index in [2.05, 4.69) is 21.2 Å². The van der Waals surface area contributed by atoms with Crippen molar-refractivity contribution in [2.75, 3.05) is 5.75 Å². The maximum absolute atomic E-state index is 14.2. The minimum absolute atomic E-state index is 0.0786. The molecule has 0 aliphatic rings. The lowest BCUT2D eigenvalue weighted by molar-refractivity contribution is -0.140. The van der Waals surface area contributed by atoms with Crippen LogP contribution in [0.15, 0.2) is 77.3 Å². The number of carbonyl (C=O) groups excluding carboxylic acids is 2. The zero-order valence-corrected chi connectivity index (χ0v) is 24.3. The van der Waals surface area contributed by atoms with Gasteiger partial charge in [0.25, 0.3) is 0 Å². The van der Waals surface area contributed by atoms with E-state index in [1.54, 1.807) is 17.0 Å². The number of carbonyl (C=O) groups is 2. The summed E-state index contributed by atoms with van der Waals surface area (Å²) in [5.41, 5.74) is 1.76. The number of nitrogens with one attached hydrogen (secondary N) is 1. The van der Waals surface area contributed by atoms with Crippen molar-refractivity contribution in [3.63, 3.8) is 0 Å². The zero-order chi connectivity index (χ0) is 27.0. The molecule has 196 valence electrons. The van der Waals surface area contributed by atoms with Gasteiger partial charge < -0.3 is 10.2 Å². The molecule has 0 spiro atoms. The third kappa shape index (κ3) is 9.16. The number of hydrogen-bond donors (Lipinski definition) is 1. The van der Waals surface area contributed by atoms with E-state index in [0.29, 0.717) is 17.0 Å². The maximum atomic E-state index is 14.2. The van der Waals surface area contributed by atoms with Crippen molar-refractivity contribution < 1.29 is 14.0 Å². The first-order valence-electron chi connectivity index (χ1n) is 11.9. The van der Waals surface area contributed by atoms with Crippen LogP contribution < -0.4 is 5.32 Å². The summed E-state index contributed by atoms with van der Waals surface area (Å²) in [6.07, 6.45) is 0.370. The Kier molecular flexibility index (Phi) is 10.6. The van der Waals surface area contributed by atoms with Crippen molar-refractivity contribution in [3.8, 4) is 0 Å². The summed E-state index contributed by atoms with van der Waals surface area (Å²) in [7, 11) is 0. The number of nitrogens with zero attached hydrogens (tertiary/aromatic N) is 1. The zero-order valence-electron chi connectivity index (χ0n) is 21.1. The number of benzene rings is 3. The van der Waals surface area contributed by atoms with E-state index in [1.807, 2.05) is 75.4 Å². The Labute approximate surface area is 236 Å². The van der Waals surface area contributed by atoms with Crippen molar-refractivity contribution in [1.29, 1.82) is 0 Å². The quantitative estimate of drug-likeness (QED) is 0.270. The number of halogens is 3. The topological polar surface area (TPSA) is 49.4 Å². The van der Waals surface area contributed by atoms with Gasteiger partial charge in [-0.1, -0.05) is 76.1 Å². The molecule has 3 rings (SSSR count). The Hall–Kier alpha value is -2.35. The molecule has 0 aliphatic carbocycles. The fourth-order valence-corrected chi connectivity index (χ4v) is 5.30. The molecule has 0 aliphatic heterocycles. The first kappa shape index (κ1) is 29.2. The minimum atomic E-state index is -0.726. The van der Waals surface area contributed by atoms with E-state index in [9.17, 15) is 14.0 Å². The Balaban J connectivity index is 1.88. The molecule has 8 heteroatoms. The summed E-state index contributed by atoms with van der Waals surface area (Å²) in [6, 6.07) is 21.2. The second-order valence-corrected chi connectivity index (χ2v) is 12.1. The summed E-state index contributed by atoms with van der Waals surface area (Å²) >= 11 is 10.9. The second-order valence-electron chi connectivity index (χ2n) is 9.79. The van der Waals surface area contributed by atoms with Crippen LogP contribution in [0.1, 0.15) is 37.5 Å². The van der Waals surface area contributed by atoms with E-state index in [0.717, 1.165) is 15.6 Å². The lowest BCUT2D eigenvalue weighted by Gasteiger charge is -2.34. The van der Waals surface area contributed by atoms with Crippen molar-refractivity contribution in [2.24, 2.45) is 0 Å². The van der Waals surface area contributed by atoms with Gasteiger partial charge in [0.1, 0.15) is 11.9 Å². The maximum Gasteiger partial charge on any atom is 0.243 e. The molecule has 0 saturated carbocycles. The third-order valence-electron chi connectivity index (χ3n) is 5.57. The van der Waals surface area contributed by atoms with Crippen LogP contribution in [0.2, 0.25) is 5.02 Å². The molecule has 2 amide bonds. The van der Waals surface area contributed by atoms with Crippen LogP contribution >= 0.6 is 39.3 Å². The van der Waals surface area contributed by atoms with Gasteiger partial charge in [-0.05, 0) is 56.2 Å². The van der Waals surface area contributed by atoms with Gasteiger partial charge in [0.05, 0.1) is 5.75 Å². The molecular formula is C29H31BrClFN2O2S. The first-order chi connectivity index (χ1) is 17.5. The first-order valence-corrected chi connectivity index (χ1v) is 14.3. The van der Waals surface area contributed by atoms with Crippen LogP contribution in [-0.2, 0) is 28.3 Å². The molecule has 0 fully saturated rings. The number of thioether (sulfide) groups is 1. The van der Waals surface area contributed by atoms with Gasteiger partial charge in [-0.2, -0.15) is 0 Å². The van der Waals surface area contributed by atoms with Gasteiger partial charge in [-0.25, -0.2) is 4.39 Å². The van der Waals surface area contributed by atoms with Crippen molar-refractivity contribution in [1.82, 2.24) is 10.2 Å². The van der Waals surface area contributed by atoms with Crippen molar-refractivity contribution in [2.45, 2.75) is 51.1 Å². The molecule has 0 bridgehead atoms. The molecule has 0 radical (unpaired) electrons. The van der Waals surface area contributed by atoms with Gasteiger partial charge in [-0.3, -0.25) is 9.59 Å². The highest BCUT2D eigenvalue weighted by atomic mass is 79.9. The van der Waals surface area contributed by atoms with Crippen molar-refractivity contribution >= 4 is 51.1 Å². The second kappa shape index (κ2) is 13.4. The van der Waals surface area contributed by atoms with Crippen LogP contribution in [0.5, 0.6) is 0 Å². The molecule has 0 heterocycles. The minimum Gasteiger partial charge on any atom is -0.350 e. The largest absolute Gasteiger partial charge is 0.350 e. The van der Waals surface area contributed by atoms with E-state index >= 15 is 0 Å². The average molecular weight is 606 g/mol. The highest BCUT2D eigenvalue weighted by Crippen LogP contribution is 2.25. The summed E-state index contributed by atoms with van der Waals surface area (Å²) in [6.45, 7) is 6.01.